The summed E-state index contributed by atoms with van der Waals surface area (Å²) in [7, 11) is 1.75. The molecule has 0 aliphatic carbocycles. The first-order valence-corrected chi connectivity index (χ1v) is 6.28. The third-order valence-electron chi connectivity index (χ3n) is 2.75. The lowest BCUT2D eigenvalue weighted by Crippen LogP contribution is -2.06. The number of aromatic nitrogens is 2. The molecule has 0 spiro atoms. The summed E-state index contributed by atoms with van der Waals surface area (Å²) in [5, 5.41) is 13.2. The van der Waals surface area contributed by atoms with Gasteiger partial charge in [-0.15, -0.1) is 0 Å². The maximum Gasteiger partial charge on any atom is 0.309 e. The minimum Gasteiger partial charge on any atom is -0.481 e. The predicted octanol–water partition coefficient (Wildman–Crippen LogP) is 2.79. The summed E-state index contributed by atoms with van der Waals surface area (Å²) in [6, 6.07) is 7.97. The van der Waals surface area contributed by atoms with Gasteiger partial charge in [0, 0.05) is 12.6 Å². The molecule has 0 amide bonds. The molecule has 0 fully saturated rings. The molecule has 0 bridgehead atoms. The van der Waals surface area contributed by atoms with Gasteiger partial charge in [0.05, 0.1) is 16.6 Å². The molecule has 0 aliphatic rings. The number of aliphatic carboxylic acids is 1. The summed E-state index contributed by atoms with van der Waals surface area (Å²) < 4.78 is 2.35. The van der Waals surface area contributed by atoms with Gasteiger partial charge in [-0.1, -0.05) is 29.8 Å². The van der Waals surface area contributed by atoms with Gasteiger partial charge in [0.25, 0.3) is 0 Å². The van der Waals surface area contributed by atoms with E-state index < -0.39 is 5.97 Å². The van der Waals surface area contributed by atoms with Crippen LogP contribution in [0.2, 0.25) is 0 Å². The first-order chi connectivity index (χ1) is 8.49. The fraction of sp³-hybridized carbons (Fsp3) is 0.231. The van der Waals surface area contributed by atoms with E-state index in [0.29, 0.717) is 5.69 Å². The van der Waals surface area contributed by atoms with Gasteiger partial charge < -0.3 is 5.11 Å². The van der Waals surface area contributed by atoms with Crippen LogP contribution in [0.4, 0.5) is 0 Å². The normalized spacial score (nSPS) is 10.6. The summed E-state index contributed by atoms with van der Waals surface area (Å²) in [6.07, 6.45) is -0.0457. The SMILES string of the molecule is Cc1ccc(-c2nn(C)c(CC(=O)O)c2Br)cc1. The average Bonchev–Trinajstić information content (AvgIpc) is 2.58. The Morgan fingerprint density at radius 2 is 2.00 bits per heavy atom. The molecule has 1 heterocycles. The van der Waals surface area contributed by atoms with Crippen molar-refractivity contribution >= 4 is 21.9 Å². The number of hydrogen-bond donors (Lipinski definition) is 1. The highest BCUT2D eigenvalue weighted by molar-refractivity contribution is 9.10. The van der Waals surface area contributed by atoms with Gasteiger partial charge in [0.2, 0.25) is 0 Å². The van der Waals surface area contributed by atoms with Crippen molar-refractivity contribution in [3.8, 4) is 11.3 Å². The molecule has 4 nitrogen and oxygen atoms in total. The van der Waals surface area contributed by atoms with E-state index >= 15 is 0 Å². The molecule has 18 heavy (non-hydrogen) atoms. The molecule has 0 saturated carbocycles. The Bertz CT molecular complexity index is 588. The molecule has 1 N–H and O–H groups in total. The summed E-state index contributed by atoms with van der Waals surface area (Å²) in [4.78, 5) is 10.8. The molecule has 0 unspecified atom stereocenters. The fourth-order valence-electron chi connectivity index (χ4n) is 1.76. The van der Waals surface area contributed by atoms with Crippen molar-refractivity contribution in [2.45, 2.75) is 13.3 Å². The van der Waals surface area contributed by atoms with Gasteiger partial charge in [0.15, 0.2) is 0 Å². The van der Waals surface area contributed by atoms with Gasteiger partial charge in [-0.3, -0.25) is 9.48 Å². The van der Waals surface area contributed by atoms with Crippen LogP contribution in [0, 0.1) is 6.92 Å². The van der Waals surface area contributed by atoms with E-state index in [1.807, 2.05) is 31.2 Å². The van der Waals surface area contributed by atoms with Gasteiger partial charge >= 0.3 is 5.97 Å². The molecule has 2 aromatic rings. The Morgan fingerprint density at radius 3 is 2.56 bits per heavy atom. The largest absolute Gasteiger partial charge is 0.481 e. The van der Waals surface area contributed by atoms with E-state index in [-0.39, 0.29) is 6.42 Å². The van der Waals surface area contributed by atoms with E-state index in [9.17, 15) is 4.79 Å². The summed E-state index contributed by atoms with van der Waals surface area (Å²) in [5.74, 6) is -0.867. The standard InChI is InChI=1S/C13H13BrN2O2/c1-8-3-5-9(6-4-8)13-12(14)10(7-11(17)18)16(2)15-13/h3-6H,7H2,1-2H3,(H,17,18). The highest BCUT2D eigenvalue weighted by Gasteiger charge is 2.17. The van der Waals surface area contributed by atoms with E-state index in [4.69, 9.17) is 5.11 Å². The third-order valence-corrected chi connectivity index (χ3v) is 3.58. The van der Waals surface area contributed by atoms with Gasteiger partial charge in [-0.25, -0.2) is 0 Å². The Kier molecular flexibility index (Phi) is 3.52. The van der Waals surface area contributed by atoms with E-state index in [1.54, 1.807) is 11.7 Å². The van der Waals surface area contributed by atoms with E-state index in [0.717, 1.165) is 15.7 Å². The smallest absolute Gasteiger partial charge is 0.309 e. The molecule has 0 atom stereocenters. The van der Waals surface area contributed by atoms with Crippen LogP contribution in [0.5, 0.6) is 0 Å². The minimum atomic E-state index is -0.867. The number of carbonyl (C=O) groups is 1. The van der Waals surface area contributed by atoms with E-state index in [1.165, 1.54) is 5.56 Å². The maximum absolute atomic E-state index is 10.8. The van der Waals surface area contributed by atoms with Gasteiger partial charge in [0.1, 0.15) is 5.69 Å². The lowest BCUT2D eigenvalue weighted by Gasteiger charge is -1.99. The topological polar surface area (TPSA) is 55.1 Å². The van der Waals surface area contributed by atoms with Gasteiger partial charge in [-0.05, 0) is 22.9 Å². The van der Waals surface area contributed by atoms with Crippen LogP contribution in [0.25, 0.3) is 11.3 Å². The number of aryl methyl sites for hydroxylation is 2. The van der Waals surface area contributed by atoms with Crippen LogP contribution in [-0.2, 0) is 18.3 Å². The molecule has 2 rings (SSSR count). The number of carboxylic acids is 1. The molecule has 5 heteroatoms. The molecule has 0 saturated heterocycles. The summed E-state index contributed by atoms with van der Waals surface area (Å²) in [6.45, 7) is 2.02. The van der Waals surface area contributed by atoms with Crippen molar-refractivity contribution < 1.29 is 9.90 Å². The van der Waals surface area contributed by atoms with Gasteiger partial charge in [-0.2, -0.15) is 5.10 Å². The second-order valence-electron chi connectivity index (χ2n) is 4.17. The highest BCUT2D eigenvalue weighted by Crippen LogP contribution is 2.30. The number of benzene rings is 1. The number of nitrogens with zero attached hydrogens (tertiary/aromatic N) is 2. The Balaban J connectivity index is 2.46. The van der Waals surface area contributed by atoms with E-state index in [2.05, 4.69) is 21.0 Å². The second kappa shape index (κ2) is 4.94. The van der Waals surface area contributed by atoms with Crippen LogP contribution in [0.3, 0.4) is 0 Å². The van der Waals surface area contributed by atoms with Crippen LogP contribution in [0.1, 0.15) is 11.3 Å². The summed E-state index contributed by atoms with van der Waals surface area (Å²) in [5.41, 5.74) is 3.59. The zero-order valence-electron chi connectivity index (χ0n) is 10.1. The molecule has 0 aliphatic heterocycles. The summed E-state index contributed by atoms with van der Waals surface area (Å²) >= 11 is 3.44. The number of rotatable bonds is 3. The zero-order chi connectivity index (χ0) is 13.3. The quantitative estimate of drug-likeness (QED) is 0.948. The van der Waals surface area contributed by atoms with Crippen LogP contribution >= 0.6 is 15.9 Å². The third kappa shape index (κ3) is 2.46. The first-order valence-electron chi connectivity index (χ1n) is 5.49. The lowest BCUT2D eigenvalue weighted by atomic mass is 10.1. The van der Waals surface area contributed by atoms with Crippen molar-refractivity contribution in [1.82, 2.24) is 9.78 Å². The zero-order valence-corrected chi connectivity index (χ0v) is 11.7. The number of carboxylic acid groups (broad SMARTS) is 1. The van der Waals surface area contributed by atoms with Crippen LogP contribution in [0.15, 0.2) is 28.7 Å². The maximum atomic E-state index is 10.8. The number of halogens is 1. The molecule has 1 aromatic heterocycles. The molecule has 94 valence electrons. The number of hydrogen-bond acceptors (Lipinski definition) is 2. The highest BCUT2D eigenvalue weighted by atomic mass is 79.9. The van der Waals surface area contributed by atoms with Crippen molar-refractivity contribution in [3.05, 3.63) is 40.0 Å². The first kappa shape index (κ1) is 12.8. The lowest BCUT2D eigenvalue weighted by molar-refractivity contribution is -0.136. The molecular formula is C13H13BrN2O2. The van der Waals surface area contributed by atoms with Crippen molar-refractivity contribution in [1.29, 1.82) is 0 Å². The van der Waals surface area contributed by atoms with Crippen molar-refractivity contribution in [2.24, 2.45) is 7.05 Å². The fourth-order valence-corrected chi connectivity index (χ4v) is 2.47. The Labute approximate surface area is 113 Å². The monoisotopic (exact) mass is 308 g/mol. The minimum absolute atomic E-state index is 0.0457. The Hall–Kier alpha value is -1.62. The van der Waals surface area contributed by atoms with Crippen molar-refractivity contribution in [2.75, 3.05) is 0 Å². The molecule has 1 aromatic carbocycles. The Morgan fingerprint density at radius 1 is 1.39 bits per heavy atom. The van der Waals surface area contributed by atoms with Crippen molar-refractivity contribution in [3.63, 3.8) is 0 Å². The second-order valence-corrected chi connectivity index (χ2v) is 4.96. The van der Waals surface area contributed by atoms with Crippen LogP contribution < -0.4 is 0 Å². The predicted molar refractivity (Wildman–Crippen MR) is 72.4 cm³/mol. The average molecular weight is 309 g/mol. The molecule has 0 radical (unpaired) electrons. The van der Waals surface area contributed by atoms with Crippen LogP contribution in [-0.4, -0.2) is 20.9 Å². The molecular weight excluding hydrogens is 296 g/mol.